The van der Waals surface area contributed by atoms with Gasteiger partial charge in [0, 0.05) is 38.1 Å². The van der Waals surface area contributed by atoms with Crippen LogP contribution in [0.1, 0.15) is 33.4 Å². The van der Waals surface area contributed by atoms with Crippen LogP contribution in [-0.4, -0.2) is 53.5 Å². The van der Waals surface area contributed by atoms with Gasteiger partial charge in [-0.15, -0.1) is 0 Å². The third kappa shape index (κ3) is 5.25. The van der Waals surface area contributed by atoms with Crippen LogP contribution in [0.2, 0.25) is 0 Å². The van der Waals surface area contributed by atoms with Gasteiger partial charge in [0.15, 0.2) is 0 Å². The zero-order valence-corrected chi connectivity index (χ0v) is 14.7. The Kier molecular flexibility index (Phi) is 6.07. The molecule has 1 unspecified atom stereocenters. The number of morpholine rings is 1. The average Bonchev–Trinajstić information content (AvgIpc) is 2.93. The number of carbonyl (C=O) groups excluding carboxylic acids is 1. The molecular weight excluding hydrogens is 294 g/mol. The zero-order chi connectivity index (χ0) is 16.9. The number of rotatable bonds is 5. The molecule has 0 aromatic carbocycles. The summed E-state index contributed by atoms with van der Waals surface area (Å²) < 4.78 is 13.2. The Morgan fingerprint density at radius 2 is 2.26 bits per heavy atom. The molecule has 6 nitrogen and oxygen atoms in total. The van der Waals surface area contributed by atoms with E-state index >= 15 is 0 Å². The molecule has 1 atom stereocenters. The molecule has 1 amide bonds. The van der Waals surface area contributed by atoms with Crippen LogP contribution >= 0.6 is 0 Å². The normalized spacial score (nSPS) is 19.0. The summed E-state index contributed by atoms with van der Waals surface area (Å²) in [4.78, 5) is 14.1. The third-order valence-electron chi connectivity index (χ3n) is 3.81. The molecule has 1 aromatic rings. The number of nitrogens with one attached hydrogen (secondary N) is 1. The maximum absolute atomic E-state index is 12.3. The molecule has 1 N–H and O–H groups in total. The van der Waals surface area contributed by atoms with Crippen molar-refractivity contribution in [2.45, 2.75) is 52.4 Å². The molecule has 0 radical (unpaired) electrons. The minimum absolute atomic E-state index is 0.00337. The predicted molar refractivity (Wildman–Crippen MR) is 89.4 cm³/mol. The third-order valence-corrected chi connectivity index (χ3v) is 3.81. The van der Waals surface area contributed by atoms with Gasteiger partial charge in [-0.05, 0) is 39.8 Å². The second kappa shape index (κ2) is 7.84. The monoisotopic (exact) mass is 323 g/mol. The van der Waals surface area contributed by atoms with Crippen molar-refractivity contribution < 1.29 is 14.3 Å². The van der Waals surface area contributed by atoms with E-state index in [1.807, 2.05) is 20.8 Å². The molecule has 0 spiro atoms. The zero-order valence-electron chi connectivity index (χ0n) is 14.7. The van der Waals surface area contributed by atoms with Crippen molar-refractivity contribution in [1.82, 2.24) is 14.8 Å². The summed E-state index contributed by atoms with van der Waals surface area (Å²) in [5, 5.41) is 3.43. The average molecular weight is 323 g/mol. The van der Waals surface area contributed by atoms with Crippen molar-refractivity contribution in [1.29, 1.82) is 0 Å². The van der Waals surface area contributed by atoms with Gasteiger partial charge in [0.25, 0.3) is 0 Å². The fourth-order valence-electron chi connectivity index (χ4n) is 2.67. The highest BCUT2D eigenvalue weighted by Crippen LogP contribution is 2.14. The summed E-state index contributed by atoms with van der Waals surface area (Å²) in [6.07, 6.45) is 1.82. The lowest BCUT2D eigenvalue weighted by Gasteiger charge is -2.36. The highest BCUT2D eigenvalue weighted by atomic mass is 16.6. The number of carbonyl (C=O) groups is 1. The van der Waals surface area contributed by atoms with Gasteiger partial charge in [-0.1, -0.05) is 0 Å². The van der Waals surface area contributed by atoms with Crippen LogP contribution in [0.4, 0.5) is 4.79 Å². The Morgan fingerprint density at radius 3 is 2.96 bits per heavy atom. The standard InChI is InChI=1S/C17H29N3O3/c1-5-19-8-6-7-14(19)11-18-12-15-13-22-10-9-20(15)16(21)23-17(2,3)4/h6-8,15,18H,5,9-13H2,1-4H3. The number of amides is 1. The van der Waals surface area contributed by atoms with E-state index in [9.17, 15) is 4.79 Å². The first-order valence-electron chi connectivity index (χ1n) is 8.33. The summed E-state index contributed by atoms with van der Waals surface area (Å²) >= 11 is 0. The smallest absolute Gasteiger partial charge is 0.410 e. The van der Waals surface area contributed by atoms with Crippen LogP contribution < -0.4 is 5.32 Å². The molecule has 1 aliphatic heterocycles. The van der Waals surface area contributed by atoms with Gasteiger partial charge >= 0.3 is 6.09 Å². The summed E-state index contributed by atoms with van der Waals surface area (Å²) in [6.45, 7) is 11.9. The Labute approximate surface area is 138 Å². The number of aromatic nitrogens is 1. The van der Waals surface area contributed by atoms with Gasteiger partial charge in [-0.25, -0.2) is 4.79 Å². The Balaban J connectivity index is 1.87. The van der Waals surface area contributed by atoms with E-state index in [0.717, 1.165) is 13.1 Å². The summed E-state index contributed by atoms with van der Waals surface area (Å²) in [7, 11) is 0. The van der Waals surface area contributed by atoms with Gasteiger partial charge in [-0.3, -0.25) is 4.90 Å². The maximum atomic E-state index is 12.3. The fourth-order valence-corrected chi connectivity index (χ4v) is 2.67. The van der Waals surface area contributed by atoms with Crippen molar-refractivity contribution in [2.75, 3.05) is 26.3 Å². The molecule has 0 aliphatic carbocycles. The van der Waals surface area contributed by atoms with E-state index < -0.39 is 5.60 Å². The molecule has 0 saturated carbocycles. The Bertz CT molecular complexity index is 507. The molecule has 0 bridgehead atoms. The van der Waals surface area contributed by atoms with E-state index in [2.05, 4.69) is 35.1 Å². The number of hydrogen-bond acceptors (Lipinski definition) is 4. The molecule has 2 rings (SSSR count). The van der Waals surface area contributed by atoms with Crippen LogP contribution in [0.3, 0.4) is 0 Å². The van der Waals surface area contributed by atoms with Crippen LogP contribution in [-0.2, 0) is 22.6 Å². The minimum atomic E-state index is -0.477. The number of nitrogens with zero attached hydrogens (tertiary/aromatic N) is 2. The summed E-state index contributed by atoms with van der Waals surface area (Å²) in [5.41, 5.74) is 0.767. The molecular formula is C17H29N3O3. The second-order valence-corrected chi connectivity index (χ2v) is 6.82. The van der Waals surface area contributed by atoms with E-state index in [-0.39, 0.29) is 12.1 Å². The van der Waals surface area contributed by atoms with Gasteiger partial charge in [0.1, 0.15) is 5.60 Å². The highest BCUT2D eigenvalue weighted by molar-refractivity contribution is 5.68. The Hall–Kier alpha value is -1.53. The van der Waals surface area contributed by atoms with Crippen LogP contribution in [0.15, 0.2) is 18.3 Å². The Morgan fingerprint density at radius 1 is 1.48 bits per heavy atom. The number of hydrogen-bond donors (Lipinski definition) is 1. The van der Waals surface area contributed by atoms with Crippen molar-refractivity contribution in [3.05, 3.63) is 24.0 Å². The number of aryl methyl sites for hydroxylation is 1. The predicted octanol–water partition coefficient (Wildman–Crippen LogP) is 2.23. The van der Waals surface area contributed by atoms with Gasteiger partial charge < -0.3 is 19.4 Å². The highest BCUT2D eigenvalue weighted by Gasteiger charge is 2.30. The first kappa shape index (κ1) is 17.8. The first-order chi connectivity index (χ1) is 10.9. The molecule has 1 aromatic heterocycles. The maximum Gasteiger partial charge on any atom is 0.410 e. The van der Waals surface area contributed by atoms with Gasteiger partial charge in [-0.2, -0.15) is 0 Å². The van der Waals surface area contributed by atoms with Crippen molar-refractivity contribution >= 4 is 6.09 Å². The second-order valence-electron chi connectivity index (χ2n) is 6.82. The van der Waals surface area contributed by atoms with Crippen LogP contribution in [0.25, 0.3) is 0 Å². The molecule has 1 fully saturated rings. The summed E-state index contributed by atoms with van der Waals surface area (Å²) in [5.74, 6) is 0. The molecule has 130 valence electrons. The van der Waals surface area contributed by atoms with Gasteiger partial charge in [0.05, 0.1) is 19.3 Å². The van der Waals surface area contributed by atoms with Crippen molar-refractivity contribution in [2.24, 2.45) is 0 Å². The van der Waals surface area contributed by atoms with E-state index in [4.69, 9.17) is 9.47 Å². The molecule has 6 heteroatoms. The molecule has 23 heavy (non-hydrogen) atoms. The lowest BCUT2D eigenvalue weighted by molar-refractivity contribution is -0.0317. The fraction of sp³-hybridized carbons (Fsp3) is 0.706. The van der Waals surface area contributed by atoms with E-state index in [1.165, 1.54) is 5.69 Å². The topological polar surface area (TPSA) is 55.7 Å². The lowest BCUT2D eigenvalue weighted by atomic mass is 10.2. The lowest BCUT2D eigenvalue weighted by Crippen LogP contribution is -2.54. The quantitative estimate of drug-likeness (QED) is 0.903. The molecule has 2 heterocycles. The molecule has 1 aliphatic rings. The minimum Gasteiger partial charge on any atom is -0.444 e. The van der Waals surface area contributed by atoms with E-state index in [1.54, 1.807) is 4.90 Å². The largest absolute Gasteiger partial charge is 0.444 e. The first-order valence-corrected chi connectivity index (χ1v) is 8.33. The summed E-state index contributed by atoms with van der Waals surface area (Å²) in [6, 6.07) is 4.17. The molecule has 1 saturated heterocycles. The van der Waals surface area contributed by atoms with Crippen molar-refractivity contribution in [3.8, 4) is 0 Å². The van der Waals surface area contributed by atoms with Gasteiger partial charge in [0.2, 0.25) is 0 Å². The van der Waals surface area contributed by atoms with Crippen LogP contribution in [0, 0.1) is 0 Å². The van der Waals surface area contributed by atoms with Crippen LogP contribution in [0.5, 0.6) is 0 Å². The SMILES string of the molecule is CCn1cccc1CNCC1COCCN1C(=O)OC(C)(C)C. The number of ether oxygens (including phenoxy) is 2. The van der Waals surface area contributed by atoms with E-state index in [0.29, 0.717) is 26.3 Å². The van der Waals surface area contributed by atoms with Crippen molar-refractivity contribution in [3.63, 3.8) is 0 Å².